The molecule has 0 aliphatic carbocycles. The van der Waals surface area contributed by atoms with Crippen molar-refractivity contribution in [2.24, 2.45) is 5.92 Å². The van der Waals surface area contributed by atoms with Crippen LogP contribution in [-0.4, -0.2) is 51.4 Å². The molecular formula is C20H19ClF3N3O4S. The number of rotatable bonds is 6. The molecule has 12 heteroatoms. The average molecular weight is 490 g/mol. The lowest BCUT2D eigenvalue weighted by Crippen LogP contribution is -2.35. The monoisotopic (exact) mass is 489 g/mol. The molecule has 32 heavy (non-hydrogen) atoms. The van der Waals surface area contributed by atoms with Crippen molar-refractivity contribution in [1.82, 2.24) is 9.62 Å². The van der Waals surface area contributed by atoms with E-state index >= 15 is 0 Å². The van der Waals surface area contributed by atoms with E-state index in [2.05, 4.69) is 9.46 Å². The largest absolute Gasteiger partial charge is 0.573 e. The van der Waals surface area contributed by atoms with Gasteiger partial charge in [0.2, 0.25) is 10.0 Å². The van der Waals surface area contributed by atoms with Crippen LogP contribution >= 0.6 is 11.6 Å². The number of anilines is 1. The molecule has 172 valence electrons. The van der Waals surface area contributed by atoms with Crippen LogP contribution in [0.5, 0.6) is 5.75 Å². The Morgan fingerprint density at radius 3 is 2.31 bits per heavy atom. The summed E-state index contributed by atoms with van der Waals surface area (Å²) < 4.78 is 68.2. The van der Waals surface area contributed by atoms with Gasteiger partial charge >= 0.3 is 12.4 Å². The first kappa shape index (κ1) is 22.7. The number of sulfonamides is 1. The molecule has 4 rings (SSSR count). The maximum Gasteiger partial charge on any atom is 0.573 e. The highest BCUT2D eigenvalue weighted by Crippen LogP contribution is 2.34. The lowest BCUT2D eigenvalue weighted by molar-refractivity contribution is -0.274. The van der Waals surface area contributed by atoms with E-state index in [1.54, 1.807) is 4.90 Å². The van der Waals surface area contributed by atoms with E-state index in [0.717, 1.165) is 12.1 Å². The van der Waals surface area contributed by atoms with Gasteiger partial charge in [0.15, 0.2) is 0 Å². The van der Waals surface area contributed by atoms with Crippen LogP contribution in [0.4, 0.5) is 23.7 Å². The maximum absolute atomic E-state index is 12.8. The van der Waals surface area contributed by atoms with Crippen LogP contribution in [0, 0.1) is 5.92 Å². The lowest BCUT2D eigenvalue weighted by atomic mass is 10.1. The van der Waals surface area contributed by atoms with Gasteiger partial charge in [-0.1, -0.05) is 11.6 Å². The zero-order valence-electron chi connectivity index (χ0n) is 16.5. The number of urea groups is 1. The van der Waals surface area contributed by atoms with Crippen LogP contribution in [0.3, 0.4) is 0 Å². The summed E-state index contributed by atoms with van der Waals surface area (Å²) >= 11 is 5.79. The van der Waals surface area contributed by atoms with Crippen LogP contribution in [0.25, 0.3) is 0 Å². The summed E-state index contributed by atoms with van der Waals surface area (Å²) in [6, 6.07) is 10.6. The molecule has 0 bridgehead atoms. The van der Waals surface area contributed by atoms with Crippen LogP contribution in [0.15, 0.2) is 53.4 Å². The molecule has 0 radical (unpaired) electrons. The van der Waals surface area contributed by atoms with Gasteiger partial charge in [-0.25, -0.2) is 17.9 Å². The first-order valence-corrected chi connectivity index (χ1v) is 11.6. The van der Waals surface area contributed by atoms with Crippen LogP contribution in [-0.2, 0) is 10.0 Å². The molecule has 2 amide bonds. The van der Waals surface area contributed by atoms with E-state index in [0.29, 0.717) is 30.2 Å². The molecule has 1 N–H and O–H groups in total. The molecule has 7 nitrogen and oxygen atoms in total. The van der Waals surface area contributed by atoms with Crippen molar-refractivity contribution in [2.75, 3.05) is 24.5 Å². The van der Waals surface area contributed by atoms with Crippen LogP contribution in [0.1, 0.15) is 6.42 Å². The van der Waals surface area contributed by atoms with Crippen molar-refractivity contribution in [3.8, 4) is 5.75 Å². The molecule has 2 atom stereocenters. The number of halogens is 4. The fourth-order valence-electron chi connectivity index (χ4n) is 3.98. The van der Waals surface area contributed by atoms with Crippen molar-refractivity contribution < 1.29 is 31.1 Å². The van der Waals surface area contributed by atoms with E-state index in [1.807, 2.05) is 0 Å². The third-order valence-corrected chi connectivity index (χ3v) is 7.13. The second-order valence-corrected chi connectivity index (χ2v) is 9.85. The van der Waals surface area contributed by atoms with E-state index in [4.69, 9.17) is 11.6 Å². The standard InChI is InChI=1S/C20H19ClF3N3O4S/c21-14-1-7-18(8-2-14)32(29,30)25-10-13-9-16-12-27(19(28)26(16)11-13)15-3-5-17(6-4-15)31-20(22,23)24/h1-8,13,16,25H,9-12H2/t13-,16-/m0/s1. The number of fused-ring (bicyclic) bond motifs is 1. The summed E-state index contributed by atoms with van der Waals surface area (Å²) in [4.78, 5) is 16.1. The number of hydrogen-bond donors (Lipinski definition) is 1. The molecule has 2 saturated heterocycles. The number of alkyl halides is 3. The molecule has 0 aromatic heterocycles. The molecule has 2 aromatic rings. The van der Waals surface area contributed by atoms with Crippen molar-refractivity contribution in [2.45, 2.75) is 23.7 Å². The predicted octanol–water partition coefficient (Wildman–Crippen LogP) is 3.85. The van der Waals surface area contributed by atoms with Gasteiger partial charge in [-0.2, -0.15) is 0 Å². The quantitative estimate of drug-likeness (QED) is 0.668. The topological polar surface area (TPSA) is 79.0 Å². The Balaban J connectivity index is 1.34. The Morgan fingerprint density at radius 1 is 1.06 bits per heavy atom. The number of benzene rings is 2. The van der Waals surface area contributed by atoms with Crippen molar-refractivity contribution in [3.05, 3.63) is 53.6 Å². The fraction of sp³-hybridized carbons (Fsp3) is 0.350. The Labute approximate surface area is 187 Å². The molecule has 0 unspecified atom stereocenters. The van der Waals surface area contributed by atoms with Gasteiger partial charge < -0.3 is 9.64 Å². The summed E-state index contributed by atoms with van der Waals surface area (Å²) in [5.74, 6) is -0.405. The van der Waals surface area contributed by atoms with Crippen LogP contribution in [0.2, 0.25) is 5.02 Å². The van der Waals surface area contributed by atoms with Crippen molar-refractivity contribution in [3.63, 3.8) is 0 Å². The van der Waals surface area contributed by atoms with Crippen molar-refractivity contribution in [1.29, 1.82) is 0 Å². The number of hydrogen-bond acceptors (Lipinski definition) is 4. The van der Waals surface area contributed by atoms with Gasteiger partial charge in [-0.05, 0) is 60.9 Å². The number of ether oxygens (including phenoxy) is 1. The van der Waals surface area contributed by atoms with Gasteiger partial charge in [0, 0.05) is 30.3 Å². The van der Waals surface area contributed by atoms with E-state index in [-0.39, 0.29) is 35.2 Å². The Morgan fingerprint density at radius 2 is 1.72 bits per heavy atom. The van der Waals surface area contributed by atoms with Gasteiger partial charge in [0.05, 0.1) is 10.9 Å². The minimum Gasteiger partial charge on any atom is -0.406 e. The second kappa shape index (κ2) is 8.45. The fourth-order valence-corrected chi connectivity index (χ4v) is 5.22. The number of amides is 2. The van der Waals surface area contributed by atoms with E-state index < -0.39 is 16.4 Å². The van der Waals surface area contributed by atoms with E-state index in [1.165, 1.54) is 41.3 Å². The minimum atomic E-state index is -4.78. The highest BCUT2D eigenvalue weighted by atomic mass is 35.5. The highest BCUT2D eigenvalue weighted by molar-refractivity contribution is 7.89. The molecule has 0 saturated carbocycles. The summed E-state index contributed by atoms with van der Waals surface area (Å²) in [6.07, 6.45) is -4.17. The summed E-state index contributed by atoms with van der Waals surface area (Å²) in [7, 11) is -3.69. The normalized spacial score (nSPS) is 21.2. The van der Waals surface area contributed by atoms with Crippen molar-refractivity contribution >= 4 is 33.3 Å². The first-order chi connectivity index (χ1) is 15.0. The highest BCUT2D eigenvalue weighted by Gasteiger charge is 2.44. The lowest BCUT2D eigenvalue weighted by Gasteiger charge is -2.20. The number of nitrogens with one attached hydrogen (secondary N) is 1. The molecular weight excluding hydrogens is 471 g/mol. The second-order valence-electron chi connectivity index (χ2n) is 7.65. The number of carbonyl (C=O) groups is 1. The number of carbonyl (C=O) groups excluding carboxylic acids is 1. The molecule has 2 aliphatic rings. The van der Waals surface area contributed by atoms with Gasteiger partial charge in [-0.15, -0.1) is 13.2 Å². The molecule has 2 aliphatic heterocycles. The third kappa shape index (κ3) is 4.94. The summed E-state index contributed by atoms with van der Waals surface area (Å²) in [5, 5.41) is 0.436. The molecule has 2 fully saturated rings. The Hall–Kier alpha value is -2.50. The van der Waals surface area contributed by atoms with Gasteiger partial charge in [0.25, 0.3) is 0 Å². The minimum absolute atomic E-state index is 0.0456. The third-order valence-electron chi connectivity index (χ3n) is 5.44. The van der Waals surface area contributed by atoms with E-state index in [9.17, 15) is 26.4 Å². The molecule has 2 aromatic carbocycles. The Kier molecular flexibility index (Phi) is 5.99. The van der Waals surface area contributed by atoms with Crippen LogP contribution < -0.4 is 14.4 Å². The van der Waals surface area contributed by atoms with Gasteiger partial charge in [-0.3, -0.25) is 4.90 Å². The predicted molar refractivity (Wildman–Crippen MR) is 111 cm³/mol. The summed E-state index contributed by atoms with van der Waals surface area (Å²) in [6.45, 7) is 0.950. The zero-order chi connectivity index (χ0) is 23.1. The summed E-state index contributed by atoms with van der Waals surface area (Å²) in [5.41, 5.74) is 0.471. The first-order valence-electron chi connectivity index (χ1n) is 9.71. The zero-order valence-corrected chi connectivity index (χ0v) is 18.1. The number of nitrogens with zero attached hydrogens (tertiary/aromatic N) is 2. The smallest absolute Gasteiger partial charge is 0.406 e. The maximum atomic E-state index is 12.8. The van der Waals surface area contributed by atoms with Gasteiger partial charge in [0.1, 0.15) is 5.75 Å². The Bertz CT molecular complexity index is 1090. The SMILES string of the molecule is O=C1N(c2ccc(OC(F)(F)F)cc2)C[C@@H]2C[C@@H](CNS(=O)(=O)c3ccc(Cl)cc3)CN12. The molecule has 0 spiro atoms. The molecule has 2 heterocycles. The average Bonchev–Trinajstić information content (AvgIpc) is 3.25.